The molecular formula is C19H24ClFN2O4. The lowest BCUT2D eigenvalue weighted by molar-refractivity contribution is -0.160. The number of hydrogen-bond donors (Lipinski definition) is 2. The first-order valence-corrected chi connectivity index (χ1v) is 9.24. The molecule has 2 N–H and O–H groups in total. The highest BCUT2D eigenvalue weighted by Gasteiger charge is 2.68. The Kier molecular flexibility index (Phi) is 5.12. The van der Waals surface area contributed by atoms with Gasteiger partial charge in [0.25, 0.3) is 5.91 Å². The van der Waals surface area contributed by atoms with E-state index in [2.05, 4.69) is 10.6 Å². The minimum Gasteiger partial charge on any atom is -0.484 e. The maximum atomic E-state index is 13.4. The minimum atomic E-state index is -0.591. The van der Waals surface area contributed by atoms with Crippen LogP contribution in [-0.2, 0) is 14.3 Å². The van der Waals surface area contributed by atoms with Crippen molar-refractivity contribution in [1.29, 1.82) is 0 Å². The number of carbonyl (C=O) groups is 2. The van der Waals surface area contributed by atoms with Crippen molar-refractivity contribution in [3.05, 3.63) is 29.0 Å². The van der Waals surface area contributed by atoms with Gasteiger partial charge in [-0.1, -0.05) is 11.6 Å². The molecule has 0 saturated heterocycles. The number of benzene rings is 1. The summed E-state index contributed by atoms with van der Waals surface area (Å²) in [6.07, 6.45) is 2.30. The minimum absolute atomic E-state index is 0.00449. The highest BCUT2D eigenvalue weighted by atomic mass is 35.5. The van der Waals surface area contributed by atoms with Crippen molar-refractivity contribution in [3.8, 4) is 5.75 Å². The molecule has 3 aliphatic rings. The molecule has 0 unspecified atom stereocenters. The van der Waals surface area contributed by atoms with Crippen molar-refractivity contribution < 1.29 is 23.5 Å². The second-order valence-corrected chi connectivity index (χ2v) is 8.85. The van der Waals surface area contributed by atoms with Crippen LogP contribution in [0, 0.1) is 5.82 Å². The number of rotatable bonds is 7. The smallest absolute Gasteiger partial charge is 0.320 e. The summed E-state index contributed by atoms with van der Waals surface area (Å²) in [6.45, 7) is 5.46. The van der Waals surface area contributed by atoms with Gasteiger partial charge in [0.1, 0.15) is 17.2 Å². The number of hydrogen-bond acceptors (Lipinski definition) is 5. The van der Waals surface area contributed by atoms with Gasteiger partial charge in [0.05, 0.1) is 11.6 Å². The molecule has 0 aromatic heterocycles. The molecule has 148 valence electrons. The summed E-state index contributed by atoms with van der Waals surface area (Å²) in [5, 5.41) is 6.21. The molecule has 4 rings (SSSR count). The van der Waals surface area contributed by atoms with E-state index in [1.54, 1.807) is 0 Å². The fourth-order valence-corrected chi connectivity index (χ4v) is 3.91. The number of esters is 1. The molecule has 0 atom stereocenters. The normalized spacial score (nSPS) is 25.8. The number of amides is 1. The fourth-order valence-electron chi connectivity index (χ4n) is 3.79. The van der Waals surface area contributed by atoms with Crippen molar-refractivity contribution in [2.45, 2.75) is 56.7 Å². The van der Waals surface area contributed by atoms with E-state index in [0.717, 1.165) is 25.3 Å². The number of nitrogens with one attached hydrogen (secondary N) is 2. The van der Waals surface area contributed by atoms with Crippen LogP contribution >= 0.6 is 11.6 Å². The summed E-state index contributed by atoms with van der Waals surface area (Å²) in [4.78, 5) is 23.9. The molecule has 1 aromatic carbocycles. The third-order valence-corrected chi connectivity index (χ3v) is 5.03. The zero-order valence-electron chi connectivity index (χ0n) is 15.7. The maximum absolute atomic E-state index is 13.4. The third kappa shape index (κ3) is 4.71. The molecule has 8 heteroatoms. The van der Waals surface area contributed by atoms with Crippen molar-refractivity contribution in [2.24, 2.45) is 0 Å². The van der Waals surface area contributed by atoms with E-state index in [-0.39, 0.29) is 46.9 Å². The van der Waals surface area contributed by atoms with Crippen molar-refractivity contribution >= 4 is 23.5 Å². The molecule has 3 saturated carbocycles. The quantitative estimate of drug-likeness (QED) is 0.690. The Morgan fingerprint density at radius 2 is 1.89 bits per heavy atom. The van der Waals surface area contributed by atoms with Crippen LogP contribution in [-0.4, -0.2) is 41.7 Å². The van der Waals surface area contributed by atoms with Crippen LogP contribution in [0.1, 0.15) is 40.0 Å². The molecule has 2 bridgehead atoms. The molecule has 0 aliphatic heterocycles. The number of ether oxygens (including phenoxy) is 2. The van der Waals surface area contributed by atoms with Gasteiger partial charge in [0, 0.05) is 17.1 Å². The number of halogens is 2. The van der Waals surface area contributed by atoms with Crippen LogP contribution < -0.4 is 15.4 Å². The van der Waals surface area contributed by atoms with Crippen LogP contribution in [0.3, 0.4) is 0 Å². The van der Waals surface area contributed by atoms with E-state index < -0.39 is 11.4 Å². The van der Waals surface area contributed by atoms with Crippen LogP contribution in [0.15, 0.2) is 18.2 Å². The molecule has 27 heavy (non-hydrogen) atoms. The van der Waals surface area contributed by atoms with Gasteiger partial charge >= 0.3 is 5.97 Å². The SMILES string of the molecule is CC(C)(C)OC(=O)CNC12CC(NC(=O)COc3ccc(Cl)c(F)c3)(C1)C2. The molecule has 3 fully saturated rings. The Hall–Kier alpha value is -1.86. The third-order valence-electron chi connectivity index (χ3n) is 4.72. The maximum Gasteiger partial charge on any atom is 0.320 e. The van der Waals surface area contributed by atoms with Gasteiger partial charge in [-0.05, 0) is 52.2 Å². The van der Waals surface area contributed by atoms with E-state index in [1.807, 2.05) is 20.8 Å². The predicted molar refractivity (Wildman–Crippen MR) is 98.2 cm³/mol. The summed E-state index contributed by atoms with van der Waals surface area (Å²) in [5.41, 5.74) is -0.822. The second-order valence-electron chi connectivity index (χ2n) is 8.44. The molecule has 0 radical (unpaired) electrons. The monoisotopic (exact) mass is 398 g/mol. The van der Waals surface area contributed by atoms with Gasteiger partial charge in [-0.15, -0.1) is 0 Å². The van der Waals surface area contributed by atoms with E-state index in [9.17, 15) is 14.0 Å². The molecular weight excluding hydrogens is 375 g/mol. The molecule has 3 aliphatic carbocycles. The standard InChI is InChI=1S/C19H24ClFN2O4/c1-17(2,3)27-16(25)7-22-18-9-19(10-18,11-18)23-15(24)8-26-12-4-5-13(20)14(21)6-12/h4-6,22H,7-11H2,1-3H3,(H,23,24). The first-order valence-electron chi connectivity index (χ1n) is 8.86. The van der Waals surface area contributed by atoms with Crippen molar-refractivity contribution in [2.75, 3.05) is 13.2 Å². The van der Waals surface area contributed by atoms with Gasteiger partial charge in [-0.3, -0.25) is 9.59 Å². The molecule has 6 nitrogen and oxygen atoms in total. The van der Waals surface area contributed by atoms with Crippen LogP contribution in [0.2, 0.25) is 5.02 Å². The molecule has 0 heterocycles. The first-order chi connectivity index (χ1) is 12.5. The summed E-state index contributed by atoms with van der Waals surface area (Å²) < 4.78 is 23.9. The van der Waals surface area contributed by atoms with Gasteiger partial charge in [-0.25, -0.2) is 4.39 Å². The second kappa shape index (κ2) is 6.95. The predicted octanol–water partition coefficient (Wildman–Crippen LogP) is 2.58. The Morgan fingerprint density at radius 3 is 2.48 bits per heavy atom. The first kappa shape index (κ1) is 19.9. The average molecular weight is 399 g/mol. The van der Waals surface area contributed by atoms with E-state index in [1.165, 1.54) is 12.1 Å². The van der Waals surface area contributed by atoms with Gasteiger partial charge < -0.3 is 20.1 Å². The highest BCUT2D eigenvalue weighted by Crippen LogP contribution is 2.60. The van der Waals surface area contributed by atoms with Gasteiger partial charge in [0.15, 0.2) is 6.61 Å². The Balaban J connectivity index is 1.37. The van der Waals surface area contributed by atoms with Gasteiger partial charge in [-0.2, -0.15) is 0 Å². The summed E-state index contributed by atoms with van der Waals surface area (Å²) in [6, 6.07) is 4.03. The average Bonchev–Trinajstić information content (AvgIpc) is 2.47. The van der Waals surface area contributed by atoms with Crippen molar-refractivity contribution in [1.82, 2.24) is 10.6 Å². The van der Waals surface area contributed by atoms with Gasteiger partial charge in [0.2, 0.25) is 0 Å². The van der Waals surface area contributed by atoms with E-state index in [4.69, 9.17) is 21.1 Å². The van der Waals surface area contributed by atoms with Crippen LogP contribution in [0.4, 0.5) is 4.39 Å². The lowest BCUT2D eigenvalue weighted by Crippen LogP contribution is -2.83. The van der Waals surface area contributed by atoms with Crippen molar-refractivity contribution in [3.63, 3.8) is 0 Å². The summed E-state index contributed by atoms with van der Waals surface area (Å²) in [7, 11) is 0. The van der Waals surface area contributed by atoms with Crippen LogP contribution in [0.25, 0.3) is 0 Å². The highest BCUT2D eigenvalue weighted by molar-refractivity contribution is 6.30. The zero-order valence-corrected chi connectivity index (χ0v) is 16.4. The largest absolute Gasteiger partial charge is 0.484 e. The Morgan fingerprint density at radius 1 is 1.22 bits per heavy atom. The fraction of sp³-hybridized carbons (Fsp3) is 0.579. The van der Waals surface area contributed by atoms with E-state index >= 15 is 0 Å². The number of carbonyl (C=O) groups excluding carboxylic acids is 2. The van der Waals surface area contributed by atoms with Crippen LogP contribution in [0.5, 0.6) is 5.75 Å². The Labute approximate surface area is 162 Å². The summed E-state index contributed by atoms with van der Waals surface area (Å²) in [5.74, 6) is -0.883. The lowest BCUT2D eigenvalue weighted by atomic mass is 9.44. The Bertz CT molecular complexity index is 743. The molecule has 0 spiro atoms. The summed E-state index contributed by atoms with van der Waals surface area (Å²) >= 11 is 5.61. The zero-order chi connectivity index (χ0) is 19.9. The van der Waals surface area contributed by atoms with E-state index in [0.29, 0.717) is 0 Å². The molecule has 1 amide bonds. The lowest BCUT2D eigenvalue weighted by Gasteiger charge is -2.70. The topological polar surface area (TPSA) is 76.7 Å². The molecule has 1 aromatic rings.